The molecule has 0 unspecified atom stereocenters. The van der Waals surface area contributed by atoms with Gasteiger partial charge in [-0.05, 0) is 12.3 Å². The van der Waals surface area contributed by atoms with Crippen LogP contribution in [-0.4, -0.2) is 17.1 Å². The van der Waals surface area contributed by atoms with Gasteiger partial charge in [0.15, 0.2) is 0 Å². The molecule has 0 rings (SSSR count). The van der Waals surface area contributed by atoms with E-state index in [0.29, 0.717) is 12.3 Å². The van der Waals surface area contributed by atoms with Crippen LogP contribution in [0, 0.1) is 5.92 Å². The molecule has 0 aliphatic rings. The van der Waals surface area contributed by atoms with Gasteiger partial charge in [-0.15, -0.1) is 0 Å². The molecule has 0 aliphatic carbocycles. The van der Waals surface area contributed by atoms with Gasteiger partial charge in [0.2, 0.25) is 0 Å². The van der Waals surface area contributed by atoms with E-state index in [1.165, 1.54) is 0 Å². The Morgan fingerprint density at radius 2 is 2.11 bits per heavy atom. The highest BCUT2D eigenvalue weighted by Gasteiger charge is 2.12. The Kier molecular flexibility index (Phi) is 3.24. The first-order chi connectivity index (χ1) is 4.04. The van der Waals surface area contributed by atoms with Gasteiger partial charge < -0.3 is 5.11 Å². The number of hydrogen-bond donors (Lipinski definition) is 1. The Morgan fingerprint density at radius 1 is 1.67 bits per heavy atom. The van der Waals surface area contributed by atoms with Crippen molar-refractivity contribution in [2.24, 2.45) is 5.92 Å². The van der Waals surface area contributed by atoms with Gasteiger partial charge in [0.05, 0.1) is 0 Å². The lowest BCUT2D eigenvalue weighted by Gasteiger charge is -2.06. The maximum absolute atomic E-state index is 10.0. The third kappa shape index (κ3) is 3.97. The molecule has 0 aromatic carbocycles. The molecule has 0 amide bonds. The van der Waals surface area contributed by atoms with Crippen LogP contribution < -0.4 is 5.73 Å². The summed E-state index contributed by atoms with van der Waals surface area (Å²) in [6.07, 6.45) is 0.440. The SMILES string of the molecule is CC(C)C[C@H]([NH])C(=O)O. The highest BCUT2D eigenvalue weighted by molar-refractivity contribution is 5.72. The van der Waals surface area contributed by atoms with Crippen molar-refractivity contribution in [1.82, 2.24) is 5.73 Å². The first-order valence-electron chi connectivity index (χ1n) is 2.98. The van der Waals surface area contributed by atoms with Crippen molar-refractivity contribution in [3.8, 4) is 0 Å². The van der Waals surface area contributed by atoms with Crippen LogP contribution in [0.15, 0.2) is 0 Å². The lowest BCUT2D eigenvalue weighted by atomic mass is 10.1. The second kappa shape index (κ2) is 3.45. The van der Waals surface area contributed by atoms with E-state index < -0.39 is 12.0 Å². The molecule has 1 atom stereocenters. The van der Waals surface area contributed by atoms with E-state index in [9.17, 15) is 4.79 Å². The van der Waals surface area contributed by atoms with Crippen LogP contribution in [0.3, 0.4) is 0 Å². The van der Waals surface area contributed by atoms with E-state index in [1.54, 1.807) is 0 Å². The molecule has 0 bridgehead atoms. The maximum Gasteiger partial charge on any atom is 0.322 e. The topological polar surface area (TPSA) is 61.1 Å². The van der Waals surface area contributed by atoms with Gasteiger partial charge in [-0.2, -0.15) is 0 Å². The first-order valence-corrected chi connectivity index (χ1v) is 2.98. The highest BCUT2D eigenvalue weighted by Crippen LogP contribution is 2.02. The van der Waals surface area contributed by atoms with E-state index >= 15 is 0 Å². The van der Waals surface area contributed by atoms with Crippen LogP contribution in [0.1, 0.15) is 20.3 Å². The highest BCUT2D eigenvalue weighted by atomic mass is 16.4. The number of rotatable bonds is 3. The molecule has 0 saturated heterocycles. The minimum Gasteiger partial charge on any atom is -0.480 e. The summed E-state index contributed by atoms with van der Waals surface area (Å²) >= 11 is 0. The number of carbonyl (C=O) groups is 1. The summed E-state index contributed by atoms with van der Waals surface area (Å²) in [7, 11) is 0. The normalized spacial score (nSPS) is 13.8. The summed E-state index contributed by atoms with van der Waals surface area (Å²) in [5.74, 6) is -0.729. The molecule has 3 nitrogen and oxygen atoms in total. The van der Waals surface area contributed by atoms with Gasteiger partial charge >= 0.3 is 5.97 Å². The molecule has 3 heteroatoms. The van der Waals surface area contributed by atoms with E-state index in [2.05, 4.69) is 0 Å². The molecule has 0 aliphatic heterocycles. The third-order valence-corrected chi connectivity index (χ3v) is 1.01. The largest absolute Gasteiger partial charge is 0.480 e. The van der Waals surface area contributed by atoms with E-state index in [1.807, 2.05) is 13.8 Å². The van der Waals surface area contributed by atoms with Gasteiger partial charge in [-0.3, -0.25) is 4.79 Å². The lowest BCUT2D eigenvalue weighted by Crippen LogP contribution is -2.22. The molecule has 0 spiro atoms. The van der Waals surface area contributed by atoms with Gasteiger partial charge in [-0.25, -0.2) is 5.73 Å². The van der Waals surface area contributed by atoms with Crippen LogP contribution >= 0.6 is 0 Å². The Bertz CT molecular complexity index is 101. The van der Waals surface area contributed by atoms with Crippen LogP contribution in [0.25, 0.3) is 0 Å². The van der Waals surface area contributed by atoms with Crippen molar-refractivity contribution in [3.63, 3.8) is 0 Å². The van der Waals surface area contributed by atoms with Crippen molar-refractivity contribution in [1.29, 1.82) is 0 Å². The van der Waals surface area contributed by atoms with E-state index in [-0.39, 0.29) is 0 Å². The Labute approximate surface area is 54.9 Å². The fourth-order valence-electron chi connectivity index (χ4n) is 0.572. The minimum atomic E-state index is -1.02. The first kappa shape index (κ1) is 8.43. The van der Waals surface area contributed by atoms with Crippen molar-refractivity contribution in [2.75, 3.05) is 0 Å². The molecule has 1 radical (unpaired) electrons. The van der Waals surface area contributed by atoms with Crippen LogP contribution in [0.5, 0.6) is 0 Å². The van der Waals surface area contributed by atoms with Gasteiger partial charge in [-0.1, -0.05) is 13.8 Å². The molecule has 0 saturated carbocycles. The number of hydrogen-bond acceptors (Lipinski definition) is 1. The Morgan fingerprint density at radius 3 is 2.22 bits per heavy atom. The lowest BCUT2D eigenvalue weighted by molar-refractivity contribution is -0.139. The predicted molar refractivity (Wildman–Crippen MR) is 34.0 cm³/mol. The number of carboxylic acid groups (broad SMARTS) is 1. The molecule has 53 valence electrons. The van der Waals surface area contributed by atoms with Gasteiger partial charge in [0.25, 0.3) is 0 Å². The Hall–Kier alpha value is -0.570. The Balaban J connectivity index is 3.50. The second-order valence-electron chi connectivity index (χ2n) is 2.52. The quantitative estimate of drug-likeness (QED) is 0.613. The van der Waals surface area contributed by atoms with Crippen LogP contribution in [-0.2, 0) is 4.79 Å². The molecule has 0 heterocycles. The molecular weight excluding hydrogens is 118 g/mol. The second-order valence-corrected chi connectivity index (χ2v) is 2.52. The summed E-state index contributed by atoms with van der Waals surface area (Å²) in [4.78, 5) is 10.0. The smallest absolute Gasteiger partial charge is 0.322 e. The summed E-state index contributed by atoms with van der Waals surface area (Å²) in [6, 6.07) is -0.940. The van der Waals surface area contributed by atoms with Crippen LogP contribution in [0.2, 0.25) is 0 Å². The van der Waals surface area contributed by atoms with Gasteiger partial charge in [0.1, 0.15) is 6.04 Å². The molecule has 0 aromatic rings. The summed E-state index contributed by atoms with van der Waals surface area (Å²) in [5.41, 5.74) is 6.96. The van der Waals surface area contributed by atoms with Crippen LogP contribution in [0.4, 0.5) is 0 Å². The standard InChI is InChI=1S/C6H12NO2/c1-4(2)3-5(7)6(8)9/h4-5,7H,3H2,1-2H3,(H,8,9)/t5-/m0/s1. The molecular formula is C6H12NO2. The van der Waals surface area contributed by atoms with Crippen molar-refractivity contribution in [3.05, 3.63) is 0 Å². The average Bonchev–Trinajstić information content (AvgIpc) is 1.63. The van der Waals surface area contributed by atoms with E-state index in [4.69, 9.17) is 10.8 Å². The zero-order chi connectivity index (χ0) is 7.44. The third-order valence-electron chi connectivity index (χ3n) is 1.01. The molecule has 0 fully saturated rings. The summed E-state index contributed by atoms with van der Waals surface area (Å²) in [5, 5.41) is 8.24. The predicted octanol–water partition coefficient (Wildman–Crippen LogP) is 0.769. The maximum atomic E-state index is 10.0. The average molecular weight is 130 g/mol. The zero-order valence-electron chi connectivity index (χ0n) is 5.72. The number of nitrogens with one attached hydrogen (secondary N) is 1. The van der Waals surface area contributed by atoms with Gasteiger partial charge in [0, 0.05) is 0 Å². The van der Waals surface area contributed by atoms with Crippen molar-refractivity contribution >= 4 is 5.97 Å². The van der Waals surface area contributed by atoms with Crippen molar-refractivity contribution in [2.45, 2.75) is 26.3 Å². The number of aliphatic carboxylic acids is 1. The molecule has 0 aromatic heterocycles. The fraction of sp³-hybridized carbons (Fsp3) is 0.833. The van der Waals surface area contributed by atoms with E-state index in [0.717, 1.165) is 0 Å². The zero-order valence-corrected chi connectivity index (χ0v) is 5.72. The minimum absolute atomic E-state index is 0.295. The molecule has 9 heavy (non-hydrogen) atoms. The number of carboxylic acids is 1. The monoisotopic (exact) mass is 130 g/mol. The van der Waals surface area contributed by atoms with Crippen molar-refractivity contribution < 1.29 is 9.90 Å². The summed E-state index contributed by atoms with van der Waals surface area (Å²) < 4.78 is 0. The summed E-state index contributed by atoms with van der Waals surface area (Å²) in [6.45, 7) is 3.81. The molecule has 2 N–H and O–H groups in total. The fourth-order valence-corrected chi connectivity index (χ4v) is 0.572.